The van der Waals surface area contributed by atoms with Gasteiger partial charge in [0.05, 0.1) is 7.11 Å². The normalized spacial score (nSPS) is 29.0. The molecule has 1 amide bonds. The molecule has 2 rings (SSSR count). The third-order valence-corrected chi connectivity index (χ3v) is 4.07. The highest BCUT2D eigenvalue weighted by atomic mass is 16.6. The third-order valence-electron chi connectivity index (χ3n) is 4.07. The van der Waals surface area contributed by atoms with Crippen LogP contribution >= 0.6 is 0 Å². The molecular weight excluding hydrogens is 274 g/mol. The fourth-order valence-electron chi connectivity index (χ4n) is 3.20. The molecule has 0 spiro atoms. The van der Waals surface area contributed by atoms with Crippen molar-refractivity contribution in [2.45, 2.75) is 64.1 Å². The minimum atomic E-state index is -0.647. The van der Waals surface area contributed by atoms with Crippen molar-refractivity contribution in [2.75, 3.05) is 7.11 Å². The van der Waals surface area contributed by atoms with Crippen LogP contribution in [0, 0.1) is 5.92 Å². The zero-order valence-corrected chi connectivity index (χ0v) is 13.0. The van der Waals surface area contributed by atoms with Gasteiger partial charge in [-0.25, -0.2) is 9.59 Å². The van der Waals surface area contributed by atoms with E-state index in [4.69, 9.17) is 9.47 Å². The smallest absolute Gasteiger partial charge is 0.411 e. The molecule has 1 aliphatic heterocycles. The zero-order chi connectivity index (χ0) is 15.8. The molecule has 2 fully saturated rings. The Morgan fingerprint density at radius 1 is 1.29 bits per heavy atom. The predicted molar refractivity (Wildman–Crippen MR) is 74.6 cm³/mol. The Balaban J connectivity index is 2.24. The van der Waals surface area contributed by atoms with Gasteiger partial charge in [0.1, 0.15) is 17.4 Å². The van der Waals surface area contributed by atoms with Crippen LogP contribution in [-0.4, -0.2) is 47.5 Å². The summed E-state index contributed by atoms with van der Waals surface area (Å²) in [4.78, 5) is 37.5. The van der Waals surface area contributed by atoms with Crippen molar-refractivity contribution in [3.05, 3.63) is 0 Å². The number of ketones is 1. The Morgan fingerprint density at radius 3 is 2.52 bits per heavy atom. The zero-order valence-electron chi connectivity index (χ0n) is 13.0. The van der Waals surface area contributed by atoms with Crippen molar-refractivity contribution in [3.8, 4) is 0 Å². The van der Waals surface area contributed by atoms with E-state index in [2.05, 4.69) is 0 Å². The number of carbonyl (C=O) groups excluding carboxylic acids is 3. The minimum absolute atomic E-state index is 0.135. The summed E-state index contributed by atoms with van der Waals surface area (Å²) in [5.74, 6) is -0.141. The van der Waals surface area contributed by atoms with Crippen LogP contribution in [0.5, 0.6) is 0 Å². The number of rotatable bonds is 1. The van der Waals surface area contributed by atoms with Crippen LogP contribution in [0.1, 0.15) is 46.5 Å². The Morgan fingerprint density at radius 2 is 1.95 bits per heavy atom. The summed E-state index contributed by atoms with van der Waals surface area (Å²) >= 11 is 0. The first-order valence-corrected chi connectivity index (χ1v) is 7.34. The molecule has 6 nitrogen and oxygen atoms in total. The topological polar surface area (TPSA) is 72.9 Å². The molecule has 0 unspecified atom stereocenters. The fourth-order valence-corrected chi connectivity index (χ4v) is 3.20. The number of ether oxygens (including phenoxy) is 2. The lowest BCUT2D eigenvalue weighted by Gasteiger charge is -2.34. The van der Waals surface area contributed by atoms with Crippen LogP contribution in [0.2, 0.25) is 0 Å². The molecule has 1 saturated heterocycles. The Bertz CT molecular complexity index is 453. The molecule has 118 valence electrons. The third kappa shape index (κ3) is 3.36. The monoisotopic (exact) mass is 297 g/mol. The molecule has 0 bridgehead atoms. The summed E-state index contributed by atoms with van der Waals surface area (Å²) < 4.78 is 10.2. The summed E-state index contributed by atoms with van der Waals surface area (Å²) in [5, 5.41) is 0. The second kappa shape index (κ2) is 5.66. The van der Waals surface area contributed by atoms with Crippen LogP contribution in [0.25, 0.3) is 0 Å². The van der Waals surface area contributed by atoms with E-state index < -0.39 is 23.7 Å². The van der Waals surface area contributed by atoms with Crippen molar-refractivity contribution in [2.24, 2.45) is 5.92 Å². The van der Waals surface area contributed by atoms with Gasteiger partial charge in [-0.2, -0.15) is 0 Å². The maximum atomic E-state index is 12.4. The van der Waals surface area contributed by atoms with E-state index in [0.717, 1.165) is 6.42 Å². The van der Waals surface area contributed by atoms with Crippen LogP contribution in [0.15, 0.2) is 0 Å². The van der Waals surface area contributed by atoms with Gasteiger partial charge in [0.25, 0.3) is 0 Å². The maximum absolute atomic E-state index is 12.4. The molecule has 0 radical (unpaired) electrons. The highest BCUT2D eigenvalue weighted by Gasteiger charge is 2.50. The number of fused-ring (bicyclic) bond motifs is 1. The van der Waals surface area contributed by atoms with Crippen molar-refractivity contribution in [1.29, 1.82) is 0 Å². The summed E-state index contributed by atoms with van der Waals surface area (Å²) in [5.41, 5.74) is -0.644. The Labute approximate surface area is 124 Å². The van der Waals surface area contributed by atoms with E-state index in [9.17, 15) is 14.4 Å². The van der Waals surface area contributed by atoms with E-state index in [1.54, 1.807) is 20.8 Å². The summed E-state index contributed by atoms with van der Waals surface area (Å²) in [7, 11) is 1.31. The fraction of sp³-hybridized carbons (Fsp3) is 0.800. The van der Waals surface area contributed by atoms with Crippen molar-refractivity contribution < 1.29 is 23.9 Å². The minimum Gasteiger partial charge on any atom is -0.467 e. The molecule has 1 saturated carbocycles. The van der Waals surface area contributed by atoms with Gasteiger partial charge in [-0.3, -0.25) is 9.69 Å². The van der Waals surface area contributed by atoms with Gasteiger partial charge < -0.3 is 9.47 Å². The van der Waals surface area contributed by atoms with E-state index in [0.29, 0.717) is 19.3 Å². The predicted octanol–water partition coefficient (Wildman–Crippen LogP) is 1.91. The van der Waals surface area contributed by atoms with Crippen molar-refractivity contribution in [1.82, 2.24) is 4.90 Å². The first-order valence-electron chi connectivity index (χ1n) is 7.34. The quantitative estimate of drug-likeness (QED) is 0.691. The standard InChI is InChI=1S/C15H23NO5/c1-15(2,3)21-14(19)16-11-8-10(17)6-5-9(11)7-12(16)13(18)20-4/h9,11-12H,5-8H2,1-4H3/t9-,11-,12-/m0/s1. The van der Waals surface area contributed by atoms with E-state index in [-0.39, 0.29) is 17.7 Å². The molecule has 6 heteroatoms. The number of Topliss-reactive ketones (excluding diaryl/α,β-unsaturated/α-hetero) is 1. The van der Waals surface area contributed by atoms with Crippen molar-refractivity contribution >= 4 is 17.8 Å². The molecule has 1 heterocycles. The number of carbonyl (C=O) groups is 3. The number of amides is 1. The van der Waals surface area contributed by atoms with Gasteiger partial charge in [0.15, 0.2) is 0 Å². The number of methoxy groups -OCH3 is 1. The molecule has 1 aliphatic carbocycles. The van der Waals surface area contributed by atoms with Crippen LogP contribution in [0.3, 0.4) is 0 Å². The average Bonchev–Trinajstić information content (AvgIpc) is 2.74. The lowest BCUT2D eigenvalue weighted by Crippen LogP contribution is -2.49. The maximum Gasteiger partial charge on any atom is 0.411 e. The Kier molecular flexibility index (Phi) is 4.25. The average molecular weight is 297 g/mol. The number of nitrogens with zero attached hydrogens (tertiary/aromatic N) is 1. The highest BCUT2D eigenvalue weighted by molar-refractivity contribution is 5.85. The van der Waals surface area contributed by atoms with Crippen LogP contribution in [-0.2, 0) is 19.1 Å². The largest absolute Gasteiger partial charge is 0.467 e. The van der Waals surface area contributed by atoms with E-state index in [1.165, 1.54) is 12.0 Å². The van der Waals surface area contributed by atoms with Crippen LogP contribution < -0.4 is 0 Å². The highest BCUT2D eigenvalue weighted by Crippen LogP contribution is 2.39. The van der Waals surface area contributed by atoms with Gasteiger partial charge in [-0.1, -0.05) is 0 Å². The van der Waals surface area contributed by atoms with Gasteiger partial charge in [-0.05, 0) is 39.5 Å². The number of hydrogen-bond acceptors (Lipinski definition) is 5. The molecule has 3 atom stereocenters. The first kappa shape index (κ1) is 15.8. The molecule has 0 aromatic carbocycles. The Hall–Kier alpha value is -1.59. The van der Waals surface area contributed by atoms with Gasteiger partial charge in [0, 0.05) is 18.9 Å². The van der Waals surface area contributed by atoms with Crippen molar-refractivity contribution in [3.63, 3.8) is 0 Å². The second-order valence-corrected chi connectivity index (χ2v) is 6.77. The number of likely N-dealkylation sites (tertiary alicyclic amines) is 1. The van der Waals surface area contributed by atoms with Crippen LogP contribution in [0.4, 0.5) is 4.79 Å². The van der Waals surface area contributed by atoms with Gasteiger partial charge in [0.2, 0.25) is 0 Å². The summed E-state index contributed by atoms with van der Waals surface area (Å²) in [6.45, 7) is 5.33. The first-order chi connectivity index (χ1) is 9.73. The summed E-state index contributed by atoms with van der Waals surface area (Å²) in [6, 6.07) is -0.893. The SMILES string of the molecule is COC(=O)[C@@H]1C[C@@H]2CCC(=O)C[C@@H]2N1C(=O)OC(C)(C)C. The van der Waals surface area contributed by atoms with Gasteiger partial charge in [-0.15, -0.1) is 0 Å². The molecule has 2 aliphatic rings. The molecule has 21 heavy (non-hydrogen) atoms. The number of hydrogen-bond donors (Lipinski definition) is 0. The van der Waals surface area contributed by atoms with Gasteiger partial charge >= 0.3 is 12.1 Å². The molecule has 0 N–H and O–H groups in total. The lowest BCUT2D eigenvalue weighted by atomic mass is 9.84. The molecule has 0 aromatic rings. The lowest BCUT2D eigenvalue weighted by molar-refractivity contribution is -0.146. The van der Waals surface area contributed by atoms with E-state index >= 15 is 0 Å². The molecular formula is C15H23NO5. The second-order valence-electron chi connectivity index (χ2n) is 6.77. The number of esters is 1. The molecule has 0 aromatic heterocycles. The summed E-state index contributed by atoms with van der Waals surface area (Å²) in [6.07, 6.45) is 1.55. The van der Waals surface area contributed by atoms with E-state index in [1.807, 2.05) is 0 Å².